The maximum Gasteiger partial charge on any atom is 0.233 e. The third-order valence-electron chi connectivity index (χ3n) is 6.49. The Bertz CT molecular complexity index is 721. The number of hydrogen-bond acceptors (Lipinski definition) is 4. The molecule has 1 aromatic rings. The number of likely N-dealkylation sites (tertiary alicyclic amines) is 2. The highest BCUT2D eigenvalue weighted by Crippen LogP contribution is 2.38. The maximum atomic E-state index is 12.5. The van der Waals surface area contributed by atoms with Crippen molar-refractivity contribution in [2.75, 3.05) is 26.2 Å². The first-order chi connectivity index (χ1) is 14.1. The van der Waals surface area contributed by atoms with Crippen molar-refractivity contribution in [2.24, 2.45) is 11.8 Å². The first kappa shape index (κ1) is 20.1. The van der Waals surface area contributed by atoms with Crippen LogP contribution in [0.5, 0.6) is 0 Å². The van der Waals surface area contributed by atoms with Crippen molar-refractivity contribution in [3.8, 4) is 0 Å². The van der Waals surface area contributed by atoms with Gasteiger partial charge in [0, 0.05) is 32.7 Å². The number of amides is 3. The van der Waals surface area contributed by atoms with E-state index in [0.717, 1.165) is 38.5 Å². The van der Waals surface area contributed by atoms with Gasteiger partial charge < -0.3 is 9.64 Å². The third-order valence-corrected chi connectivity index (χ3v) is 6.49. The molecular weight excluding hydrogens is 368 g/mol. The summed E-state index contributed by atoms with van der Waals surface area (Å²) in [6, 6.07) is 10.3. The monoisotopic (exact) mass is 398 g/mol. The van der Waals surface area contributed by atoms with Gasteiger partial charge in [0.2, 0.25) is 17.7 Å². The molecule has 1 saturated carbocycles. The number of carbonyl (C=O) groups excluding carboxylic acids is 3. The van der Waals surface area contributed by atoms with Crippen LogP contribution >= 0.6 is 0 Å². The average molecular weight is 399 g/mol. The molecule has 156 valence electrons. The van der Waals surface area contributed by atoms with Gasteiger partial charge in [0.05, 0.1) is 17.9 Å². The van der Waals surface area contributed by atoms with Crippen molar-refractivity contribution in [1.29, 1.82) is 0 Å². The molecule has 2 aliphatic heterocycles. The summed E-state index contributed by atoms with van der Waals surface area (Å²) in [6.07, 6.45) is 5.96. The number of ether oxygens (including phenoxy) is 1. The number of benzene rings is 1. The van der Waals surface area contributed by atoms with Crippen LogP contribution < -0.4 is 0 Å². The van der Waals surface area contributed by atoms with Crippen LogP contribution in [0.4, 0.5) is 0 Å². The summed E-state index contributed by atoms with van der Waals surface area (Å²) in [5.74, 6) is -0.385. The molecule has 29 heavy (non-hydrogen) atoms. The molecule has 2 atom stereocenters. The molecule has 3 aliphatic rings. The second-order valence-corrected chi connectivity index (χ2v) is 8.46. The molecule has 1 aromatic carbocycles. The Hall–Kier alpha value is -2.21. The number of imide groups is 1. The number of nitrogens with zero attached hydrogens (tertiary/aromatic N) is 2. The van der Waals surface area contributed by atoms with Gasteiger partial charge in [-0.2, -0.15) is 0 Å². The first-order valence-electron chi connectivity index (χ1n) is 10.9. The SMILES string of the molecule is O=C(CCN1C(=O)[C@H]2CCCC[C@@H]2C1=O)N1CC(OCCCc2ccccc2)C1. The minimum atomic E-state index is -0.135. The molecule has 6 heteroatoms. The van der Waals surface area contributed by atoms with Gasteiger partial charge >= 0.3 is 0 Å². The molecule has 0 spiro atoms. The van der Waals surface area contributed by atoms with E-state index >= 15 is 0 Å². The quantitative estimate of drug-likeness (QED) is 0.498. The summed E-state index contributed by atoms with van der Waals surface area (Å²) in [7, 11) is 0. The highest BCUT2D eigenvalue weighted by molar-refractivity contribution is 6.05. The summed E-state index contributed by atoms with van der Waals surface area (Å²) in [5.41, 5.74) is 1.31. The predicted octanol–water partition coefficient (Wildman–Crippen LogP) is 2.41. The summed E-state index contributed by atoms with van der Waals surface area (Å²) in [6.45, 7) is 2.14. The Morgan fingerprint density at radius 3 is 2.31 bits per heavy atom. The zero-order chi connectivity index (χ0) is 20.2. The zero-order valence-corrected chi connectivity index (χ0v) is 16.9. The van der Waals surface area contributed by atoms with Crippen LogP contribution in [0.3, 0.4) is 0 Å². The average Bonchev–Trinajstić information content (AvgIpc) is 2.96. The molecule has 1 aliphatic carbocycles. The molecule has 0 radical (unpaired) electrons. The summed E-state index contributed by atoms with van der Waals surface area (Å²) in [4.78, 5) is 40.5. The van der Waals surface area contributed by atoms with Crippen molar-refractivity contribution in [3.63, 3.8) is 0 Å². The lowest BCUT2D eigenvalue weighted by atomic mass is 9.81. The van der Waals surface area contributed by atoms with Gasteiger partial charge in [0.25, 0.3) is 0 Å². The molecule has 0 aromatic heterocycles. The zero-order valence-electron chi connectivity index (χ0n) is 16.9. The van der Waals surface area contributed by atoms with Gasteiger partial charge in [0.1, 0.15) is 0 Å². The Morgan fingerprint density at radius 2 is 1.66 bits per heavy atom. The van der Waals surface area contributed by atoms with E-state index in [4.69, 9.17) is 4.74 Å². The molecule has 0 N–H and O–H groups in total. The molecule has 3 amide bonds. The highest BCUT2D eigenvalue weighted by Gasteiger charge is 2.48. The minimum Gasteiger partial charge on any atom is -0.375 e. The van der Waals surface area contributed by atoms with Crippen LogP contribution in [-0.2, 0) is 25.5 Å². The van der Waals surface area contributed by atoms with Crippen LogP contribution in [0.2, 0.25) is 0 Å². The van der Waals surface area contributed by atoms with E-state index < -0.39 is 0 Å². The lowest BCUT2D eigenvalue weighted by Gasteiger charge is -2.39. The van der Waals surface area contributed by atoms with E-state index in [9.17, 15) is 14.4 Å². The number of hydrogen-bond donors (Lipinski definition) is 0. The van der Waals surface area contributed by atoms with Crippen molar-refractivity contribution >= 4 is 17.7 Å². The van der Waals surface area contributed by atoms with E-state index in [1.54, 1.807) is 4.90 Å². The fourth-order valence-corrected chi connectivity index (χ4v) is 4.74. The lowest BCUT2D eigenvalue weighted by molar-refractivity contribution is -0.146. The molecule has 0 bridgehead atoms. The van der Waals surface area contributed by atoms with Gasteiger partial charge in [-0.25, -0.2) is 0 Å². The molecular formula is C23H30N2O4. The maximum absolute atomic E-state index is 12.5. The lowest BCUT2D eigenvalue weighted by Crippen LogP contribution is -2.55. The molecule has 0 unspecified atom stereocenters. The third kappa shape index (κ3) is 4.53. The van der Waals surface area contributed by atoms with Crippen LogP contribution in [0.1, 0.15) is 44.1 Å². The standard InChI is InChI=1S/C23H30N2O4/c26-21(12-13-25-22(27)19-10-4-5-11-20(19)23(25)28)24-15-18(16-24)29-14-6-9-17-7-2-1-3-8-17/h1-3,7-8,18-20H,4-6,9-16H2/t19-,20-/m0/s1. The minimum absolute atomic E-state index is 0.00427. The molecule has 6 nitrogen and oxygen atoms in total. The van der Waals surface area contributed by atoms with Crippen molar-refractivity contribution in [2.45, 2.75) is 51.0 Å². The summed E-state index contributed by atoms with van der Waals surface area (Å²) < 4.78 is 5.84. The summed E-state index contributed by atoms with van der Waals surface area (Å²) >= 11 is 0. The van der Waals surface area contributed by atoms with Crippen LogP contribution in [0, 0.1) is 11.8 Å². The van der Waals surface area contributed by atoms with Crippen molar-refractivity contribution in [1.82, 2.24) is 9.80 Å². The molecule has 2 heterocycles. The van der Waals surface area contributed by atoms with Crippen molar-refractivity contribution in [3.05, 3.63) is 35.9 Å². The van der Waals surface area contributed by atoms with E-state index in [1.165, 1.54) is 10.5 Å². The van der Waals surface area contributed by atoms with E-state index in [0.29, 0.717) is 19.7 Å². The normalized spacial score (nSPS) is 24.6. The van der Waals surface area contributed by atoms with Gasteiger partial charge in [-0.1, -0.05) is 43.2 Å². The molecule has 4 rings (SSSR count). The second kappa shape index (κ2) is 9.08. The van der Waals surface area contributed by atoms with Crippen LogP contribution in [0.15, 0.2) is 30.3 Å². The number of aryl methyl sites for hydroxylation is 1. The van der Waals surface area contributed by atoms with Crippen LogP contribution in [-0.4, -0.2) is 59.9 Å². The molecule has 3 fully saturated rings. The number of carbonyl (C=O) groups is 3. The fraction of sp³-hybridized carbons (Fsp3) is 0.609. The highest BCUT2D eigenvalue weighted by atomic mass is 16.5. The fourth-order valence-electron chi connectivity index (χ4n) is 4.74. The van der Waals surface area contributed by atoms with Gasteiger partial charge in [-0.3, -0.25) is 19.3 Å². The Balaban J connectivity index is 1.12. The first-order valence-corrected chi connectivity index (χ1v) is 10.9. The Kier molecular flexibility index (Phi) is 6.28. The predicted molar refractivity (Wildman–Crippen MR) is 108 cm³/mol. The Morgan fingerprint density at radius 1 is 1.00 bits per heavy atom. The smallest absolute Gasteiger partial charge is 0.233 e. The van der Waals surface area contributed by atoms with E-state index in [1.807, 2.05) is 18.2 Å². The van der Waals surface area contributed by atoms with Gasteiger partial charge in [-0.05, 0) is 31.2 Å². The van der Waals surface area contributed by atoms with Gasteiger partial charge in [-0.15, -0.1) is 0 Å². The van der Waals surface area contributed by atoms with E-state index in [2.05, 4.69) is 12.1 Å². The number of fused-ring (bicyclic) bond motifs is 1. The largest absolute Gasteiger partial charge is 0.375 e. The summed E-state index contributed by atoms with van der Waals surface area (Å²) in [5, 5.41) is 0. The second-order valence-electron chi connectivity index (χ2n) is 8.46. The van der Waals surface area contributed by atoms with Crippen LogP contribution in [0.25, 0.3) is 0 Å². The topological polar surface area (TPSA) is 66.9 Å². The number of rotatable bonds is 8. The van der Waals surface area contributed by atoms with Gasteiger partial charge in [0.15, 0.2) is 0 Å². The Labute approximate surface area is 172 Å². The molecule has 2 saturated heterocycles. The van der Waals surface area contributed by atoms with E-state index in [-0.39, 0.29) is 48.6 Å². The van der Waals surface area contributed by atoms with Crippen molar-refractivity contribution < 1.29 is 19.1 Å².